The predicted octanol–water partition coefficient (Wildman–Crippen LogP) is 5.23. The van der Waals surface area contributed by atoms with Crippen molar-refractivity contribution in [2.24, 2.45) is 38.9 Å². The molecule has 0 aliphatic heterocycles. The number of fused-ring (bicyclic) bond motifs is 7. The van der Waals surface area contributed by atoms with Gasteiger partial charge in [0.25, 0.3) is 5.91 Å². The predicted molar refractivity (Wildman–Crippen MR) is 157 cm³/mol. The molecule has 0 saturated heterocycles. The Balaban J connectivity index is 1.46. The molecule has 3 N–H and O–H groups in total. The Hall–Kier alpha value is -3.05. The zero-order valence-electron chi connectivity index (χ0n) is 26.0. The maximum atomic E-state index is 14.6. The molecular weight excluding hydrogens is 528 g/mol. The van der Waals surface area contributed by atoms with Gasteiger partial charge in [-0.25, -0.2) is 0 Å². The SMILES string of the molecule is CC1(C)C(=O)C(C#N)=C[C@]2(C)C3=CC(=O)[C@]4(O)[C@@H]5C[C@@](C)(NC(=O)c6ccn[nH]6)CC[C@@]5(C)CC[C@@]4(C)[C@]3(C)CC[C@@H]12. The highest BCUT2D eigenvalue weighted by Gasteiger charge is 2.75. The third-order valence-electron chi connectivity index (χ3n) is 13.4. The van der Waals surface area contributed by atoms with E-state index in [0.29, 0.717) is 18.5 Å². The lowest BCUT2D eigenvalue weighted by molar-refractivity contribution is -0.240. The third-order valence-corrected chi connectivity index (χ3v) is 13.4. The van der Waals surface area contributed by atoms with Gasteiger partial charge in [0, 0.05) is 33.9 Å². The number of H-pyrrole nitrogens is 1. The highest BCUT2D eigenvalue weighted by Crippen LogP contribution is 2.75. The van der Waals surface area contributed by atoms with Gasteiger partial charge in [0.1, 0.15) is 17.4 Å². The van der Waals surface area contributed by atoms with Crippen molar-refractivity contribution in [3.8, 4) is 6.07 Å². The molecule has 0 unspecified atom stereocenters. The van der Waals surface area contributed by atoms with Crippen LogP contribution in [0.5, 0.6) is 0 Å². The van der Waals surface area contributed by atoms with E-state index in [0.717, 1.165) is 37.7 Å². The van der Waals surface area contributed by atoms with E-state index in [1.807, 2.05) is 26.8 Å². The van der Waals surface area contributed by atoms with Gasteiger partial charge < -0.3 is 10.4 Å². The Morgan fingerprint density at radius 2 is 1.74 bits per heavy atom. The smallest absolute Gasteiger partial charge is 0.269 e. The second-order valence-electron chi connectivity index (χ2n) is 15.8. The fraction of sp³-hybridized carbons (Fsp3) is 0.676. The number of aromatic amines is 1. The van der Waals surface area contributed by atoms with Crippen LogP contribution in [0.25, 0.3) is 0 Å². The van der Waals surface area contributed by atoms with Gasteiger partial charge in [-0.3, -0.25) is 19.5 Å². The second kappa shape index (κ2) is 8.53. The van der Waals surface area contributed by atoms with Crippen molar-refractivity contribution in [3.05, 3.63) is 41.3 Å². The number of Topliss-reactive ketones (excluding diaryl/α,β-unsaturated/α-hetero) is 1. The molecule has 5 aliphatic carbocycles. The van der Waals surface area contributed by atoms with Crippen LogP contribution in [0.2, 0.25) is 0 Å². The molecule has 0 radical (unpaired) electrons. The van der Waals surface area contributed by atoms with Gasteiger partial charge in [-0.15, -0.1) is 0 Å². The van der Waals surface area contributed by atoms with Crippen molar-refractivity contribution in [2.75, 3.05) is 0 Å². The zero-order valence-corrected chi connectivity index (χ0v) is 26.0. The summed E-state index contributed by atoms with van der Waals surface area (Å²) < 4.78 is 0. The molecule has 8 heteroatoms. The number of carbonyl (C=O) groups is 3. The number of hydrogen-bond donors (Lipinski definition) is 3. The summed E-state index contributed by atoms with van der Waals surface area (Å²) in [6.07, 6.45) is 10.2. The fourth-order valence-corrected chi connectivity index (χ4v) is 10.6. The monoisotopic (exact) mass is 572 g/mol. The molecule has 1 aromatic rings. The van der Waals surface area contributed by atoms with Crippen LogP contribution in [0.4, 0.5) is 0 Å². The fourth-order valence-electron chi connectivity index (χ4n) is 10.6. The summed E-state index contributed by atoms with van der Waals surface area (Å²) in [4.78, 5) is 40.9. The Morgan fingerprint density at radius 3 is 2.38 bits per heavy atom. The normalized spacial score (nSPS) is 45.7. The van der Waals surface area contributed by atoms with Crippen molar-refractivity contribution in [1.29, 1.82) is 5.26 Å². The van der Waals surface area contributed by atoms with Crippen LogP contribution < -0.4 is 5.32 Å². The Bertz CT molecular complexity index is 1500. The lowest BCUT2D eigenvalue weighted by Crippen LogP contribution is -2.74. The highest BCUT2D eigenvalue weighted by atomic mass is 16.3. The Labute approximate surface area is 248 Å². The molecule has 1 amide bonds. The minimum atomic E-state index is -1.62. The van der Waals surface area contributed by atoms with E-state index in [2.05, 4.69) is 49.3 Å². The summed E-state index contributed by atoms with van der Waals surface area (Å²) in [5, 5.41) is 32.8. The molecule has 1 heterocycles. The maximum absolute atomic E-state index is 14.6. The Morgan fingerprint density at radius 1 is 1.05 bits per heavy atom. The number of nitriles is 1. The summed E-state index contributed by atoms with van der Waals surface area (Å²) in [6, 6.07) is 3.78. The van der Waals surface area contributed by atoms with E-state index in [9.17, 15) is 24.8 Å². The molecule has 8 nitrogen and oxygen atoms in total. The number of hydrogen-bond acceptors (Lipinski definition) is 6. The van der Waals surface area contributed by atoms with Gasteiger partial charge in [-0.2, -0.15) is 10.4 Å². The second-order valence-corrected chi connectivity index (χ2v) is 15.8. The first-order chi connectivity index (χ1) is 19.4. The first kappa shape index (κ1) is 29.0. The standard InChI is InChI=1S/C34H44N4O4/c1-28(2)22-8-10-32(6)23(31(22,5)17-20(19-35)26(28)40)16-25(39)34(42)24-18-30(4,37-27(41)21-9-15-36-38-21)13-11-29(24,3)12-14-33(32,34)7/h9,15-17,22,24,42H,8,10-14,18H2,1-7H3,(H,36,38)(H,37,41)/t22-,24+,29-,30-,31-,32+,33-,34+/m0/s1. The van der Waals surface area contributed by atoms with Crippen LogP contribution in [0, 0.1) is 50.2 Å². The number of nitrogens with zero attached hydrogens (tertiary/aromatic N) is 2. The first-order valence-corrected chi connectivity index (χ1v) is 15.4. The van der Waals surface area contributed by atoms with Crippen molar-refractivity contribution in [2.45, 2.75) is 105 Å². The number of ketones is 2. The molecule has 0 bridgehead atoms. The average Bonchev–Trinajstić information content (AvgIpc) is 3.47. The quantitative estimate of drug-likeness (QED) is 0.444. The molecule has 3 fully saturated rings. The van der Waals surface area contributed by atoms with E-state index in [4.69, 9.17) is 0 Å². The zero-order chi connectivity index (χ0) is 30.7. The molecule has 8 atom stereocenters. The van der Waals surface area contributed by atoms with Crippen LogP contribution in [0.1, 0.15) is 104 Å². The number of allylic oxidation sites excluding steroid dienone is 3. The van der Waals surface area contributed by atoms with Crippen LogP contribution in [-0.4, -0.2) is 43.9 Å². The molecule has 224 valence electrons. The Kier molecular flexibility index (Phi) is 5.90. The number of nitrogens with one attached hydrogen (secondary N) is 2. The molecule has 0 spiro atoms. The number of amides is 1. The number of aromatic nitrogens is 2. The van der Waals surface area contributed by atoms with Gasteiger partial charge in [-0.05, 0) is 86.3 Å². The van der Waals surface area contributed by atoms with E-state index >= 15 is 0 Å². The first-order valence-electron chi connectivity index (χ1n) is 15.4. The van der Waals surface area contributed by atoms with Crippen LogP contribution in [0.15, 0.2) is 35.6 Å². The van der Waals surface area contributed by atoms with E-state index in [1.54, 1.807) is 18.3 Å². The molecule has 1 aromatic heterocycles. The van der Waals surface area contributed by atoms with E-state index in [1.165, 1.54) is 0 Å². The van der Waals surface area contributed by atoms with E-state index < -0.39 is 32.8 Å². The number of aliphatic hydroxyl groups is 1. The number of carbonyl (C=O) groups excluding carboxylic acids is 3. The van der Waals surface area contributed by atoms with Gasteiger partial charge in [0.05, 0.1) is 5.57 Å². The average molecular weight is 573 g/mol. The third kappa shape index (κ3) is 3.38. The van der Waals surface area contributed by atoms with Gasteiger partial charge in [-0.1, -0.05) is 47.6 Å². The summed E-state index contributed by atoms with van der Waals surface area (Å²) >= 11 is 0. The van der Waals surface area contributed by atoms with Crippen LogP contribution in [-0.2, 0) is 9.59 Å². The van der Waals surface area contributed by atoms with Crippen molar-refractivity contribution in [3.63, 3.8) is 0 Å². The molecule has 42 heavy (non-hydrogen) atoms. The summed E-state index contributed by atoms with van der Waals surface area (Å²) in [5.41, 5.74) is -3.67. The van der Waals surface area contributed by atoms with Gasteiger partial charge in [0.2, 0.25) is 0 Å². The molecule has 6 rings (SSSR count). The minimum Gasteiger partial charge on any atom is -0.381 e. The topological polar surface area (TPSA) is 136 Å². The molecular formula is C34H44N4O4. The molecule has 0 aromatic carbocycles. The van der Waals surface area contributed by atoms with Crippen molar-refractivity contribution < 1.29 is 19.5 Å². The van der Waals surface area contributed by atoms with E-state index in [-0.39, 0.29) is 40.3 Å². The van der Waals surface area contributed by atoms with Crippen molar-refractivity contribution in [1.82, 2.24) is 15.5 Å². The lowest BCUT2D eigenvalue weighted by atomic mass is 9.33. The van der Waals surface area contributed by atoms with Gasteiger partial charge >= 0.3 is 0 Å². The molecule has 3 saturated carbocycles. The maximum Gasteiger partial charge on any atom is 0.269 e. The largest absolute Gasteiger partial charge is 0.381 e. The lowest BCUT2D eigenvalue weighted by Gasteiger charge is -2.71. The summed E-state index contributed by atoms with van der Waals surface area (Å²) in [5.74, 6) is -1.06. The number of rotatable bonds is 2. The van der Waals surface area contributed by atoms with Crippen molar-refractivity contribution >= 4 is 17.5 Å². The molecule has 5 aliphatic rings. The summed E-state index contributed by atoms with van der Waals surface area (Å²) in [7, 11) is 0. The highest BCUT2D eigenvalue weighted by molar-refractivity contribution is 6.05. The minimum absolute atomic E-state index is 0.0546. The van der Waals surface area contributed by atoms with Gasteiger partial charge in [0.15, 0.2) is 11.6 Å². The van der Waals surface area contributed by atoms with Crippen LogP contribution >= 0.6 is 0 Å². The summed E-state index contributed by atoms with van der Waals surface area (Å²) in [6.45, 7) is 14.5. The van der Waals surface area contributed by atoms with Crippen LogP contribution in [0.3, 0.4) is 0 Å².